The normalized spacial score (nSPS) is 17.4. The highest BCUT2D eigenvalue weighted by Crippen LogP contribution is 2.30. The largest absolute Gasteiger partial charge is 0.339 e. The minimum atomic E-state index is 0.216. The number of H-pyrrole nitrogens is 1. The summed E-state index contributed by atoms with van der Waals surface area (Å²) in [5.74, 6) is 1.43. The summed E-state index contributed by atoms with van der Waals surface area (Å²) in [5.41, 5.74) is 2.88. The molecule has 1 unspecified atom stereocenters. The van der Waals surface area contributed by atoms with Gasteiger partial charge in [0.15, 0.2) is 0 Å². The second kappa shape index (κ2) is 8.13. The number of hydrogen-bond acceptors (Lipinski definition) is 4. The number of fused-ring (bicyclic) bond motifs is 1. The average molecular weight is 381 g/mol. The summed E-state index contributed by atoms with van der Waals surface area (Å²) in [6, 6.07) is 12.3. The molecule has 1 atom stereocenters. The number of rotatable bonds is 5. The first-order valence-corrected chi connectivity index (χ1v) is 10.6. The van der Waals surface area contributed by atoms with Gasteiger partial charge in [0.1, 0.15) is 10.9 Å². The summed E-state index contributed by atoms with van der Waals surface area (Å²) >= 11 is 1.50. The minimum Gasteiger partial charge on any atom is -0.339 e. The molecule has 0 bridgehead atoms. The third-order valence-electron chi connectivity index (χ3n) is 5.17. The predicted molar refractivity (Wildman–Crippen MR) is 110 cm³/mol. The van der Waals surface area contributed by atoms with Crippen LogP contribution in [0.15, 0.2) is 47.6 Å². The van der Waals surface area contributed by atoms with Crippen LogP contribution < -0.4 is 0 Å². The summed E-state index contributed by atoms with van der Waals surface area (Å²) in [5, 5.41) is 0.843. The third-order valence-corrected chi connectivity index (χ3v) is 6.16. The van der Waals surface area contributed by atoms with Gasteiger partial charge in [-0.2, -0.15) is 0 Å². The van der Waals surface area contributed by atoms with Gasteiger partial charge >= 0.3 is 0 Å². The number of carbonyl (C=O) groups is 1. The van der Waals surface area contributed by atoms with Gasteiger partial charge in [-0.25, -0.2) is 9.97 Å². The number of piperidine rings is 1. The van der Waals surface area contributed by atoms with E-state index in [2.05, 4.69) is 26.8 Å². The van der Waals surface area contributed by atoms with E-state index in [1.807, 2.05) is 36.4 Å². The van der Waals surface area contributed by atoms with E-state index >= 15 is 0 Å². The second-order valence-corrected chi connectivity index (χ2v) is 7.86. The van der Waals surface area contributed by atoms with Crippen LogP contribution >= 0.6 is 11.8 Å². The van der Waals surface area contributed by atoms with Gasteiger partial charge in [-0.3, -0.25) is 4.79 Å². The number of aromatic nitrogens is 3. The number of aromatic amines is 1. The average Bonchev–Trinajstić information content (AvgIpc) is 3.16. The Kier molecular flexibility index (Phi) is 5.43. The van der Waals surface area contributed by atoms with Gasteiger partial charge in [0, 0.05) is 24.3 Å². The van der Waals surface area contributed by atoms with Crippen molar-refractivity contribution in [3.63, 3.8) is 0 Å². The van der Waals surface area contributed by atoms with Crippen LogP contribution in [0, 0.1) is 0 Å². The topological polar surface area (TPSA) is 61.9 Å². The molecular formula is C21H24N4OS. The summed E-state index contributed by atoms with van der Waals surface area (Å²) in [6.45, 7) is 3.05. The number of para-hydroxylation sites is 2. The number of amides is 1. The Morgan fingerprint density at radius 3 is 3.00 bits per heavy atom. The second-order valence-electron chi connectivity index (χ2n) is 6.89. The Balaban J connectivity index is 1.52. The molecule has 1 aromatic carbocycles. The van der Waals surface area contributed by atoms with E-state index in [1.54, 1.807) is 6.20 Å². The van der Waals surface area contributed by atoms with Crippen LogP contribution in [-0.4, -0.2) is 44.1 Å². The molecule has 4 rings (SSSR count). The molecule has 0 radical (unpaired) electrons. The number of nitrogens with one attached hydrogen (secondary N) is 1. The SMILES string of the molecule is CCC1CCCCN1C(=O)CSc1ncccc1-c1nc2ccccc2[nH]1. The van der Waals surface area contributed by atoms with Crippen molar-refractivity contribution in [3.8, 4) is 11.4 Å². The monoisotopic (exact) mass is 380 g/mol. The molecule has 1 saturated heterocycles. The van der Waals surface area contributed by atoms with Crippen molar-refractivity contribution in [1.29, 1.82) is 0 Å². The van der Waals surface area contributed by atoms with Crippen molar-refractivity contribution in [2.45, 2.75) is 43.7 Å². The number of pyridine rings is 1. The fraction of sp³-hybridized carbons (Fsp3) is 0.381. The van der Waals surface area contributed by atoms with Gasteiger partial charge in [0.05, 0.1) is 16.8 Å². The fourth-order valence-corrected chi connectivity index (χ4v) is 4.61. The number of thioether (sulfide) groups is 1. The molecule has 1 amide bonds. The van der Waals surface area contributed by atoms with Gasteiger partial charge in [0.2, 0.25) is 5.91 Å². The van der Waals surface area contributed by atoms with Crippen LogP contribution in [0.5, 0.6) is 0 Å². The molecule has 3 heterocycles. The molecule has 1 aliphatic rings. The Bertz CT molecular complexity index is 906. The maximum absolute atomic E-state index is 12.8. The Morgan fingerprint density at radius 1 is 1.26 bits per heavy atom. The molecule has 5 nitrogen and oxygen atoms in total. The smallest absolute Gasteiger partial charge is 0.233 e. The van der Waals surface area contributed by atoms with Crippen molar-refractivity contribution in [2.24, 2.45) is 0 Å². The zero-order chi connectivity index (χ0) is 18.6. The highest BCUT2D eigenvalue weighted by Gasteiger charge is 2.25. The molecule has 3 aromatic rings. The number of carbonyl (C=O) groups excluding carboxylic acids is 1. The molecule has 140 valence electrons. The van der Waals surface area contributed by atoms with Gasteiger partial charge in [-0.05, 0) is 49.9 Å². The van der Waals surface area contributed by atoms with E-state index in [0.29, 0.717) is 11.8 Å². The van der Waals surface area contributed by atoms with Gasteiger partial charge in [-0.15, -0.1) is 0 Å². The lowest BCUT2D eigenvalue weighted by molar-refractivity contribution is -0.132. The first-order chi connectivity index (χ1) is 13.3. The maximum atomic E-state index is 12.8. The number of nitrogens with zero attached hydrogens (tertiary/aromatic N) is 3. The van der Waals surface area contributed by atoms with Crippen LogP contribution in [0.2, 0.25) is 0 Å². The Hall–Kier alpha value is -2.34. The minimum absolute atomic E-state index is 0.216. The first-order valence-electron chi connectivity index (χ1n) is 9.58. The summed E-state index contributed by atoms with van der Waals surface area (Å²) in [4.78, 5) is 27.4. The maximum Gasteiger partial charge on any atom is 0.233 e. The number of likely N-dealkylation sites (tertiary alicyclic amines) is 1. The predicted octanol–water partition coefficient (Wildman–Crippen LogP) is 4.51. The van der Waals surface area contributed by atoms with E-state index < -0.39 is 0 Å². The molecule has 6 heteroatoms. The molecule has 1 aliphatic heterocycles. The summed E-state index contributed by atoms with van der Waals surface area (Å²) < 4.78 is 0. The van der Waals surface area contributed by atoms with Gasteiger partial charge < -0.3 is 9.88 Å². The quantitative estimate of drug-likeness (QED) is 0.662. The van der Waals surface area contributed by atoms with Gasteiger partial charge in [0.25, 0.3) is 0 Å². The van der Waals surface area contributed by atoms with Crippen LogP contribution in [0.4, 0.5) is 0 Å². The fourth-order valence-electron chi connectivity index (χ4n) is 3.73. The number of imidazole rings is 1. The molecule has 0 saturated carbocycles. The van der Waals surface area contributed by atoms with Crippen molar-refractivity contribution >= 4 is 28.7 Å². The molecule has 0 spiro atoms. The van der Waals surface area contributed by atoms with Crippen LogP contribution in [0.1, 0.15) is 32.6 Å². The number of hydrogen-bond donors (Lipinski definition) is 1. The Morgan fingerprint density at radius 2 is 2.15 bits per heavy atom. The van der Waals surface area contributed by atoms with Crippen molar-refractivity contribution in [2.75, 3.05) is 12.3 Å². The first kappa shape index (κ1) is 18.0. The number of benzene rings is 1. The Labute approximate surface area is 163 Å². The van der Waals surface area contributed by atoms with E-state index in [-0.39, 0.29) is 5.91 Å². The van der Waals surface area contributed by atoms with Gasteiger partial charge in [-0.1, -0.05) is 30.8 Å². The van der Waals surface area contributed by atoms with Crippen LogP contribution in [0.25, 0.3) is 22.4 Å². The molecule has 1 N–H and O–H groups in total. The molecule has 2 aromatic heterocycles. The van der Waals surface area contributed by atoms with Crippen LogP contribution in [-0.2, 0) is 4.79 Å². The third kappa shape index (κ3) is 3.86. The highest BCUT2D eigenvalue weighted by atomic mass is 32.2. The standard InChI is InChI=1S/C21H24N4OS/c1-2-15-8-5-6-13-25(15)19(26)14-27-21-16(9-7-12-22-21)20-23-17-10-3-4-11-18(17)24-20/h3-4,7,9-12,15H,2,5-6,8,13-14H2,1H3,(H,23,24). The lowest BCUT2D eigenvalue weighted by atomic mass is 10.0. The molecule has 1 fully saturated rings. The van der Waals surface area contributed by atoms with Crippen molar-refractivity contribution < 1.29 is 4.79 Å². The summed E-state index contributed by atoms with van der Waals surface area (Å²) in [7, 11) is 0. The molecule has 27 heavy (non-hydrogen) atoms. The van der Waals surface area contributed by atoms with E-state index in [9.17, 15) is 4.79 Å². The zero-order valence-electron chi connectivity index (χ0n) is 15.5. The zero-order valence-corrected chi connectivity index (χ0v) is 16.3. The lowest BCUT2D eigenvalue weighted by Gasteiger charge is -2.35. The highest BCUT2D eigenvalue weighted by molar-refractivity contribution is 8.00. The summed E-state index contributed by atoms with van der Waals surface area (Å²) in [6.07, 6.45) is 6.27. The lowest BCUT2D eigenvalue weighted by Crippen LogP contribution is -2.44. The van der Waals surface area contributed by atoms with E-state index in [4.69, 9.17) is 0 Å². The van der Waals surface area contributed by atoms with E-state index in [0.717, 1.165) is 53.3 Å². The molecular weight excluding hydrogens is 356 g/mol. The van der Waals surface area contributed by atoms with Crippen LogP contribution in [0.3, 0.4) is 0 Å². The molecule has 0 aliphatic carbocycles. The van der Waals surface area contributed by atoms with Crippen molar-refractivity contribution in [3.05, 3.63) is 42.6 Å². The van der Waals surface area contributed by atoms with Crippen molar-refractivity contribution in [1.82, 2.24) is 19.9 Å². The van der Waals surface area contributed by atoms with E-state index in [1.165, 1.54) is 18.2 Å².